The number of rotatable bonds is 6. The Morgan fingerprint density at radius 1 is 0.921 bits per heavy atom. The summed E-state index contributed by atoms with van der Waals surface area (Å²) in [6, 6.07) is 16.9. The highest BCUT2D eigenvalue weighted by Gasteiger charge is 2.25. The molecule has 1 aliphatic rings. The first-order valence-electron chi connectivity index (χ1n) is 12.0. The lowest BCUT2D eigenvalue weighted by Gasteiger charge is -2.34. The lowest BCUT2D eigenvalue weighted by molar-refractivity contribution is 0.0628. The van der Waals surface area contributed by atoms with Gasteiger partial charge in [-0.3, -0.25) is 14.7 Å². The summed E-state index contributed by atoms with van der Waals surface area (Å²) in [4.78, 5) is 21.0. The Morgan fingerprint density at radius 3 is 2.42 bits per heavy atom. The largest absolute Gasteiger partial charge is 0.336 e. The summed E-state index contributed by atoms with van der Waals surface area (Å²) in [6.45, 7) is 2.66. The van der Waals surface area contributed by atoms with Crippen LogP contribution in [0.2, 0.25) is 5.02 Å². The third-order valence-electron chi connectivity index (χ3n) is 6.63. The Labute approximate surface area is 224 Å². The van der Waals surface area contributed by atoms with Crippen molar-refractivity contribution in [2.45, 2.75) is 17.2 Å². The minimum atomic E-state index is -3.89. The Bertz CT molecular complexity index is 1620. The number of para-hydroxylation sites is 1. The van der Waals surface area contributed by atoms with E-state index in [1.54, 1.807) is 41.3 Å². The van der Waals surface area contributed by atoms with Gasteiger partial charge in [0.2, 0.25) is 0 Å². The van der Waals surface area contributed by atoms with Gasteiger partial charge in [0.25, 0.3) is 5.91 Å². The molecular weight excluding hydrogens is 532 g/mol. The van der Waals surface area contributed by atoms with E-state index in [1.165, 1.54) is 30.5 Å². The van der Waals surface area contributed by atoms with Gasteiger partial charge in [-0.2, -0.15) is 0 Å². The first kappa shape index (κ1) is 26.2. The van der Waals surface area contributed by atoms with Crippen LogP contribution in [-0.4, -0.2) is 55.3 Å². The average molecular weight is 556 g/mol. The molecule has 1 fully saturated rings. The first-order chi connectivity index (χ1) is 18.2. The van der Waals surface area contributed by atoms with Crippen molar-refractivity contribution in [2.75, 3.05) is 26.2 Å². The summed E-state index contributed by atoms with van der Waals surface area (Å²) in [5, 5.41) is 0.750. The van der Waals surface area contributed by atoms with Crippen molar-refractivity contribution in [3.05, 3.63) is 106 Å². The fourth-order valence-corrected chi connectivity index (χ4v) is 6.35. The number of halogens is 3. The lowest BCUT2D eigenvalue weighted by Crippen LogP contribution is -2.48. The van der Waals surface area contributed by atoms with Crippen LogP contribution in [0.25, 0.3) is 10.9 Å². The Morgan fingerprint density at radius 2 is 1.68 bits per heavy atom. The number of carbonyl (C=O) groups is 1. The summed E-state index contributed by atoms with van der Waals surface area (Å²) >= 11 is 5.86. The van der Waals surface area contributed by atoms with E-state index in [1.807, 2.05) is 0 Å². The van der Waals surface area contributed by atoms with Crippen LogP contribution in [0.4, 0.5) is 8.78 Å². The van der Waals surface area contributed by atoms with Gasteiger partial charge < -0.3 is 4.90 Å². The molecule has 5 rings (SSSR count). The molecule has 1 saturated heterocycles. The van der Waals surface area contributed by atoms with Crippen LogP contribution in [-0.2, 0) is 22.1 Å². The van der Waals surface area contributed by atoms with E-state index in [-0.39, 0.29) is 27.0 Å². The number of aromatic nitrogens is 1. The van der Waals surface area contributed by atoms with E-state index < -0.39 is 27.2 Å². The number of hydrogen-bond donors (Lipinski definition) is 0. The summed E-state index contributed by atoms with van der Waals surface area (Å²) in [5.74, 6) is -2.08. The van der Waals surface area contributed by atoms with Crippen molar-refractivity contribution in [1.29, 1.82) is 0 Å². The van der Waals surface area contributed by atoms with Crippen LogP contribution in [0.5, 0.6) is 0 Å². The fraction of sp³-hybridized carbons (Fsp3) is 0.214. The zero-order valence-corrected chi connectivity index (χ0v) is 21.9. The molecule has 0 bridgehead atoms. The molecule has 0 atom stereocenters. The highest BCUT2D eigenvalue weighted by atomic mass is 35.5. The molecule has 1 aliphatic heterocycles. The molecule has 2 heterocycles. The zero-order chi connectivity index (χ0) is 26.9. The smallest absolute Gasteiger partial charge is 0.254 e. The second kappa shape index (κ2) is 10.8. The minimum Gasteiger partial charge on any atom is -0.336 e. The maximum atomic E-state index is 15.0. The number of carbonyl (C=O) groups excluding carboxylic acids is 1. The van der Waals surface area contributed by atoms with E-state index in [9.17, 15) is 17.6 Å². The summed E-state index contributed by atoms with van der Waals surface area (Å²) in [5.41, 5.74) is 1.36. The summed E-state index contributed by atoms with van der Waals surface area (Å²) in [7, 11) is -3.89. The highest BCUT2D eigenvalue weighted by Crippen LogP contribution is 2.26. The van der Waals surface area contributed by atoms with Crippen LogP contribution < -0.4 is 0 Å². The second-order valence-electron chi connectivity index (χ2n) is 9.21. The molecule has 0 spiro atoms. The monoisotopic (exact) mass is 555 g/mol. The molecule has 196 valence electrons. The van der Waals surface area contributed by atoms with Crippen molar-refractivity contribution in [2.24, 2.45) is 0 Å². The van der Waals surface area contributed by atoms with Crippen molar-refractivity contribution in [3.63, 3.8) is 0 Å². The van der Waals surface area contributed by atoms with Gasteiger partial charge in [-0.25, -0.2) is 17.2 Å². The van der Waals surface area contributed by atoms with Crippen LogP contribution in [0.1, 0.15) is 21.5 Å². The molecule has 1 amide bonds. The molecule has 4 aromatic rings. The Balaban J connectivity index is 1.24. The van der Waals surface area contributed by atoms with Crippen molar-refractivity contribution in [3.8, 4) is 0 Å². The molecule has 0 aliphatic carbocycles. The number of fused-ring (bicyclic) bond motifs is 1. The number of amides is 1. The van der Waals surface area contributed by atoms with Crippen LogP contribution in [0, 0.1) is 11.6 Å². The van der Waals surface area contributed by atoms with E-state index >= 15 is 4.39 Å². The van der Waals surface area contributed by atoms with E-state index in [2.05, 4.69) is 9.88 Å². The Kier molecular flexibility index (Phi) is 7.43. The maximum Gasteiger partial charge on any atom is 0.254 e. The van der Waals surface area contributed by atoms with Crippen LogP contribution in [0.15, 0.2) is 77.8 Å². The average Bonchev–Trinajstić information content (AvgIpc) is 2.91. The van der Waals surface area contributed by atoms with Gasteiger partial charge in [-0.1, -0.05) is 41.9 Å². The summed E-state index contributed by atoms with van der Waals surface area (Å²) < 4.78 is 54.6. The second-order valence-corrected chi connectivity index (χ2v) is 11.6. The molecule has 1 aromatic heterocycles. The van der Waals surface area contributed by atoms with Crippen molar-refractivity contribution < 1.29 is 22.0 Å². The molecule has 6 nitrogen and oxygen atoms in total. The standard InChI is InChI=1S/C28H24ClF2N3O3S/c29-23-15-19(6-9-24(23)30)17-33-11-13-34(14-12-33)28(35)21-7-8-22(25(31)16-21)18-38(36,37)26-5-1-3-20-4-2-10-32-27(20)26/h1-10,15-16H,11-14,17-18H2. The quantitative estimate of drug-likeness (QED) is 0.331. The number of sulfone groups is 1. The summed E-state index contributed by atoms with van der Waals surface area (Å²) in [6.07, 6.45) is 1.51. The van der Waals surface area contributed by atoms with Crippen LogP contribution in [0.3, 0.4) is 0 Å². The topological polar surface area (TPSA) is 70.6 Å². The molecular formula is C28H24ClF2N3O3S. The molecule has 0 unspecified atom stereocenters. The van der Waals surface area contributed by atoms with Gasteiger partial charge in [0, 0.05) is 55.4 Å². The Hall–Kier alpha value is -3.40. The first-order valence-corrected chi connectivity index (χ1v) is 14.0. The molecule has 10 heteroatoms. The molecule has 3 aromatic carbocycles. The van der Waals surface area contributed by atoms with E-state index in [0.29, 0.717) is 43.6 Å². The highest BCUT2D eigenvalue weighted by molar-refractivity contribution is 7.90. The van der Waals surface area contributed by atoms with Gasteiger partial charge in [0.05, 0.1) is 21.2 Å². The van der Waals surface area contributed by atoms with E-state index in [4.69, 9.17) is 11.6 Å². The number of benzene rings is 3. The fourth-order valence-electron chi connectivity index (χ4n) is 4.59. The maximum absolute atomic E-state index is 15.0. The van der Waals surface area contributed by atoms with Gasteiger partial charge >= 0.3 is 0 Å². The van der Waals surface area contributed by atoms with Gasteiger partial charge in [-0.05, 0) is 42.0 Å². The predicted molar refractivity (Wildman–Crippen MR) is 142 cm³/mol. The predicted octanol–water partition coefficient (Wildman–Crippen LogP) is 5.10. The third kappa shape index (κ3) is 5.55. The normalized spacial score (nSPS) is 14.7. The number of piperazine rings is 1. The molecule has 0 N–H and O–H groups in total. The van der Waals surface area contributed by atoms with Gasteiger partial charge in [0.15, 0.2) is 9.84 Å². The number of pyridine rings is 1. The number of hydrogen-bond acceptors (Lipinski definition) is 5. The lowest BCUT2D eigenvalue weighted by atomic mass is 10.1. The van der Waals surface area contributed by atoms with Crippen molar-refractivity contribution >= 4 is 38.2 Å². The molecule has 0 radical (unpaired) electrons. The SMILES string of the molecule is O=C(c1ccc(CS(=O)(=O)c2cccc3cccnc23)c(F)c1)N1CCN(Cc2ccc(F)c(Cl)c2)CC1. The van der Waals surface area contributed by atoms with Gasteiger partial charge in [0.1, 0.15) is 11.6 Å². The van der Waals surface area contributed by atoms with Crippen LogP contribution >= 0.6 is 11.6 Å². The van der Waals surface area contributed by atoms with E-state index in [0.717, 1.165) is 11.6 Å². The zero-order valence-electron chi connectivity index (χ0n) is 20.3. The molecule has 0 saturated carbocycles. The minimum absolute atomic E-state index is 0.0164. The number of nitrogens with zero attached hydrogens (tertiary/aromatic N) is 3. The van der Waals surface area contributed by atoms with Crippen molar-refractivity contribution in [1.82, 2.24) is 14.8 Å². The van der Waals surface area contributed by atoms with Gasteiger partial charge in [-0.15, -0.1) is 0 Å². The molecule has 38 heavy (non-hydrogen) atoms. The third-order valence-corrected chi connectivity index (χ3v) is 8.61.